The van der Waals surface area contributed by atoms with E-state index in [1.54, 1.807) is 25.2 Å². The molecule has 0 aliphatic rings. The SMILES string of the molecule is CCNC(=NCc1ccc(C(=O)NC)cc1)NCc1ccc(Cl)cc1Cl.I. The summed E-state index contributed by atoms with van der Waals surface area (Å²) in [6.07, 6.45) is 0. The van der Waals surface area contributed by atoms with E-state index < -0.39 is 0 Å². The lowest BCUT2D eigenvalue weighted by Gasteiger charge is -2.12. The monoisotopic (exact) mass is 520 g/mol. The molecule has 0 heterocycles. The quantitative estimate of drug-likeness (QED) is 0.303. The van der Waals surface area contributed by atoms with Gasteiger partial charge in [-0.25, -0.2) is 4.99 Å². The molecule has 3 N–H and O–H groups in total. The highest BCUT2D eigenvalue weighted by Crippen LogP contribution is 2.20. The van der Waals surface area contributed by atoms with Crippen molar-refractivity contribution >= 4 is 59.0 Å². The minimum Gasteiger partial charge on any atom is -0.357 e. The molecule has 2 rings (SSSR count). The van der Waals surface area contributed by atoms with E-state index in [-0.39, 0.29) is 29.9 Å². The number of aliphatic imine (C=N–C) groups is 1. The summed E-state index contributed by atoms with van der Waals surface area (Å²) in [4.78, 5) is 16.1. The molecule has 0 unspecified atom stereocenters. The number of nitrogens with zero attached hydrogens (tertiary/aromatic N) is 1. The van der Waals surface area contributed by atoms with Gasteiger partial charge >= 0.3 is 0 Å². The lowest BCUT2D eigenvalue weighted by Crippen LogP contribution is -2.36. The largest absolute Gasteiger partial charge is 0.357 e. The number of carbonyl (C=O) groups excluding carboxylic acids is 1. The molecule has 0 saturated carbocycles. The van der Waals surface area contributed by atoms with Gasteiger partial charge in [-0.1, -0.05) is 41.4 Å². The summed E-state index contributed by atoms with van der Waals surface area (Å²) in [5, 5.41) is 10.3. The summed E-state index contributed by atoms with van der Waals surface area (Å²) in [7, 11) is 1.61. The number of hydrogen-bond acceptors (Lipinski definition) is 2. The van der Waals surface area contributed by atoms with Crippen molar-refractivity contribution in [1.82, 2.24) is 16.0 Å². The highest BCUT2D eigenvalue weighted by atomic mass is 127. The average molecular weight is 521 g/mol. The van der Waals surface area contributed by atoms with Gasteiger partial charge in [0, 0.05) is 35.7 Å². The molecule has 146 valence electrons. The fraction of sp³-hybridized carbons (Fsp3) is 0.263. The van der Waals surface area contributed by atoms with E-state index in [0.29, 0.717) is 34.7 Å². The summed E-state index contributed by atoms with van der Waals surface area (Å²) in [5.74, 6) is 0.587. The van der Waals surface area contributed by atoms with Crippen LogP contribution in [0.5, 0.6) is 0 Å². The van der Waals surface area contributed by atoms with E-state index >= 15 is 0 Å². The minimum absolute atomic E-state index is 0. The van der Waals surface area contributed by atoms with Crippen LogP contribution in [0, 0.1) is 0 Å². The molecule has 2 aromatic rings. The highest BCUT2D eigenvalue weighted by Gasteiger charge is 2.04. The van der Waals surface area contributed by atoms with Crippen molar-refractivity contribution in [2.24, 2.45) is 4.99 Å². The van der Waals surface area contributed by atoms with Gasteiger partial charge < -0.3 is 16.0 Å². The third-order valence-corrected chi connectivity index (χ3v) is 4.26. The van der Waals surface area contributed by atoms with Crippen LogP contribution < -0.4 is 16.0 Å². The number of rotatable bonds is 6. The number of hydrogen-bond donors (Lipinski definition) is 3. The second-order valence-corrected chi connectivity index (χ2v) is 6.40. The molecule has 0 saturated heterocycles. The van der Waals surface area contributed by atoms with Crippen molar-refractivity contribution < 1.29 is 4.79 Å². The number of benzene rings is 2. The number of carbonyl (C=O) groups is 1. The van der Waals surface area contributed by atoms with Gasteiger partial charge in [-0.3, -0.25) is 4.79 Å². The van der Waals surface area contributed by atoms with Gasteiger partial charge in [0.15, 0.2) is 5.96 Å². The first-order valence-corrected chi connectivity index (χ1v) is 9.06. The zero-order valence-corrected chi connectivity index (χ0v) is 19.0. The molecule has 0 aromatic heterocycles. The number of nitrogens with one attached hydrogen (secondary N) is 3. The van der Waals surface area contributed by atoms with Crippen LogP contribution in [-0.4, -0.2) is 25.5 Å². The standard InChI is InChI=1S/C19H22Cl2N4O.HI/c1-3-23-19(25-12-15-8-9-16(20)10-17(15)21)24-11-13-4-6-14(7-5-13)18(26)22-2;/h4-10H,3,11-12H2,1-2H3,(H,22,26)(H2,23,24,25);1H. The fourth-order valence-corrected chi connectivity index (χ4v) is 2.74. The smallest absolute Gasteiger partial charge is 0.251 e. The van der Waals surface area contributed by atoms with Crippen molar-refractivity contribution in [3.05, 3.63) is 69.2 Å². The molecule has 8 heteroatoms. The van der Waals surface area contributed by atoms with Crippen LogP contribution in [0.1, 0.15) is 28.4 Å². The molecule has 0 aliphatic carbocycles. The van der Waals surface area contributed by atoms with E-state index in [2.05, 4.69) is 20.9 Å². The summed E-state index contributed by atoms with van der Waals surface area (Å²) < 4.78 is 0. The van der Waals surface area contributed by atoms with Gasteiger partial charge in [-0.15, -0.1) is 24.0 Å². The molecule has 0 fully saturated rings. The van der Waals surface area contributed by atoms with E-state index in [1.807, 2.05) is 31.2 Å². The zero-order valence-electron chi connectivity index (χ0n) is 15.2. The van der Waals surface area contributed by atoms with Crippen molar-refractivity contribution in [2.75, 3.05) is 13.6 Å². The van der Waals surface area contributed by atoms with Gasteiger partial charge in [-0.2, -0.15) is 0 Å². The third kappa shape index (κ3) is 7.56. The Morgan fingerprint density at radius 2 is 1.78 bits per heavy atom. The second kappa shape index (κ2) is 12.0. The van der Waals surface area contributed by atoms with Crippen molar-refractivity contribution in [2.45, 2.75) is 20.0 Å². The van der Waals surface area contributed by atoms with Crippen LogP contribution in [0.15, 0.2) is 47.5 Å². The first kappa shape index (κ1) is 23.5. The Bertz CT molecular complexity index is 782. The Labute approximate surface area is 186 Å². The molecule has 0 spiro atoms. The zero-order chi connectivity index (χ0) is 18.9. The first-order chi connectivity index (χ1) is 12.5. The van der Waals surface area contributed by atoms with Crippen LogP contribution >= 0.6 is 47.2 Å². The Balaban J connectivity index is 0.00000364. The molecule has 0 bridgehead atoms. The average Bonchev–Trinajstić information content (AvgIpc) is 2.65. The molecule has 0 aliphatic heterocycles. The van der Waals surface area contributed by atoms with Crippen LogP contribution in [0.4, 0.5) is 0 Å². The lowest BCUT2D eigenvalue weighted by molar-refractivity contribution is 0.0963. The Morgan fingerprint density at radius 3 is 2.37 bits per heavy atom. The maximum absolute atomic E-state index is 11.6. The second-order valence-electron chi connectivity index (χ2n) is 5.56. The van der Waals surface area contributed by atoms with E-state index in [0.717, 1.165) is 17.7 Å². The van der Waals surface area contributed by atoms with E-state index in [9.17, 15) is 4.79 Å². The topological polar surface area (TPSA) is 65.5 Å². The lowest BCUT2D eigenvalue weighted by atomic mass is 10.1. The van der Waals surface area contributed by atoms with Crippen LogP contribution in [-0.2, 0) is 13.1 Å². The number of amides is 1. The fourth-order valence-electron chi connectivity index (χ4n) is 2.26. The molecule has 27 heavy (non-hydrogen) atoms. The summed E-state index contributed by atoms with van der Waals surface area (Å²) in [6.45, 7) is 3.79. The van der Waals surface area contributed by atoms with Crippen LogP contribution in [0.2, 0.25) is 10.0 Å². The number of halogens is 3. The Morgan fingerprint density at radius 1 is 1.07 bits per heavy atom. The number of guanidine groups is 1. The molecular weight excluding hydrogens is 498 g/mol. The van der Waals surface area contributed by atoms with Gasteiger partial charge in [0.2, 0.25) is 0 Å². The Hall–Kier alpha value is -1.51. The summed E-state index contributed by atoms with van der Waals surface area (Å²) in [6, 6.07) is 12.8. The molecular formula is C19H23Cl2IN4O. The third-order valence-electron chi connectivity index (χ3n) is 3.67. The molecule has 0 radical (unpaired) electrons. The Kier molecular flexibility index (Phi) is 10.5. The summed E-state index contributed by atoms with van der Waals surface area (Å²) >= 11 is 12.1. The summed E-state index contributed by atoms with van der Waals surface area (Å²) in [5.41, 5.74) is 2.58. The van der Waals surface area contributed by atoms with E-state index in [1.165, 1.54) is 0 Å². The predicted molar refractivity (Wildman–Crippen MR) is 123 cm³/mol. The minimum atomic E-state index is -0.102. The molecule has 5 nitrogen and oxygen atoms in total. The van der Waals surface area contributed by atoms with Crippen LogP contribution in [0.25, 0.3) is 0 Å². The van der Waals surface area contributed by atoms with Crippen molar-refractivity contribution in [1.29, 1.82) is 0 Å². The van der Waals surface area contributed by atoms with Gasteiger partial charge in [0.1, 0.15) is 0 Å². The van der Waals surface area contributed by atoms with Gasteiger partial charge in [0.05, 0.1) is 6.54 Å². The van der Waals surface area contributed by atoms with Crippen molar-refractivity contribution in [3.8, 4) is 0 Å². The predicted octanol–water partition coefficient (Wildman–Crippen LogP) is 4.23. The maximum Gasteiger partial charge on any atom is 0.251 e. The molecule has 1 amide bonds. The normalized spacial score (nSPS) is 10.7. The van der Waals surface area contributed by atoms with Crippen LogP contribution in [0.3, 0.4) is 0 Å². The van der Waals surface area contributed by atoms with Crippen molar-refractivity contribution in [3.63, 3.8) is 0 Å². The van der Waals surface area contributed by atoms with Gasteiger partial charge in [0.25, 0.3) is 5.91 Å². The van der Waals surface area contributed by atoms with Gasteiger partial charge in [-0.05, 0) is 42.3 Å². The molecule has 0 atom stereocenters. The highest BCUT2D eigenvalue weighted by molar-refractivity contribution is 14.0. The maximum atomic E-state index is 11.6. The first-order valence-electron chi connectivity index (χ1n) is 8.30. The van der Waals surface area contributed by atoms with E-state index in [4.69, 9.17) is 23.2 Å². The molecule has 2 aromatic carbocycles.